The quantitative estimate of drug-likeness (QED) is 0.855. The van der Waals surface area contributed by atoms with Crippen molar-refractivity contribution in [3.8, 4) is 0 Å². The first kappa shape index (κ1) is 15.4. The van der Waals surface area contributed by atoms with Crippen LogP contribution in [-0.2, 0) is 0 Å². The Kier molecular flexibility index (Phi) is 4.53. The molecule has 0 spiro atoms. The molecule has 0 aliphatic rings. The van der Waals surface area contributed by atoms with Crippen molar-refractivity contribution in [1.29, 1.82) is 0 Å². The van der Waals surface area contributed by atoms with Crippen molar-refractivity contribution in [2.75, 3.05) is 10.6 Å². The maximum atomic E-state index is 12.1. The van der Waals surface area contributed by atoms with E-state index in [-0.39, 0.29) is 11.4 Å². The Morgan fingerprint density at radius 3 is 2.19 bits per heavy atom. The summed E-state index contributed by atoms with van der Waals surface area (Å²) in [6.07, 6.45) is 0. The van der Waals surface area contributed by atoms with Crippen molar-refractivity contribution in [1.82, 2.24) is 0 Å². The van der Waals surface area contributed by atoms with Crippen molar-refractivity contribution in [2.24, 2.45) is 0 Å². The van der Waals surface area contributed by atoms with E-state index < -0.39 is 0 Å². The fraction of sp³-hybridized carbons (Fsp3) is 0.235. The third kappa shape index (κ3) is 4.80. The molecular formula is C17H19ClN2O. The van der Waals surface area contributed by atoms with Gasteiger partial charge in [0.15, 0.2) is 0 Å². The highest BCUT2D eigenvalue weighted by atomic mass is 35.5. The van der Waals surface area contributed by atoms with Crippen LogP contribution < -0.4 is 10.6 Å². The lowest BCUT2D eigenvalue weighted by Crippen LogP contribution is -2.25. The molecule has 0 fully saturated rings. The molecule has 0 saturated heterocycles. The summed E-state index contributed by atoms with van der Waals surface area (Å²) in [6.45, 7) is 6.30. The number of hydrogen-bond donors (Lipinski definition) is 2. The molecule has 0 aromatic heterocycles. The maximum absolute atomic E-state index is 12.1. The molecule has 1 amide bonds. The first-order valence-corrected chi connectivity index (χ1v) is 7.16. The van der Waals surface area contributed by atoms with Crippen LogP contribution in [0.15, 0.2) is 48.5 Å². The van der Waals surface area contributed by atoms with E-state index >= 15 is 0 Å². The number of rotatable bonds is 3. The molecule has 0 heterocycles. The third-order valence-electron chi connectivity index (χ3n) is 2.75. The molecule has 21 heavy (non-hydrogen) atoms. The van der Waals surface area contributed by atoms with Gasteiger partial charge in [0.1, 0.15) is 0 Å². The van der Waals surface area contributed by atoms with Crippen molar-refractivity contribution >= 4 is 28.9 Å². The minimum Gasteiger partial charge on any atom is -0.380 e. The van der Waals surface area contributed by atoms with E-state index in [2.05, 4.69) is 31.4 Å². The van der Waals surface area contributed by atoms with Crippen LogP contribution in [0.5, 0.6) is 0 Å². The number of amides is 1. The van der Waals surface area contributed by atoms with Gasteiger partial charge < -0.3 is 10.6 Å². The predicted molar refractivity (Wildman–Crippen MR) is 89.2 cm³/mol. The molecule has 2 aromatic rings. The Bertz CT molecular complexity index is 630. The summed E-state index contributed by atoms with van der Waals surface area (Å²) in [5.41, 5.74) is 2.31. The van der Waals surface area contributed by atoms with Gasteiger partial charge in [0.2, 0.25) is 0 Å². The molecule has 2 aromatic carbocycles. The Balaban J connectivity index is 2.05. The molecule has 0 saturated carbocycles. The van der Waals surface area contributed by atoms with Gasteiger partial charge in [-0.2, -0.15) is 0 Å². The fourth-order valence-electron chi connectivity index (χ4n) is 1.90. The van der Waals surface area contributed by atoms with Gasteiger partial charge in [-0.25, -0.2) is 0 Å². The van der Waals surface area contributed by atoms with Gasteiger partial charge in [0, 0.05) is 27.5 Å². The Labute approximate surface area is 130 Å². The highest BCUT2D eigenvalue weighted by molar-refractivity contribution is 6.31. The lowest BCUT2D eigenvalue weighted by Gasteiger charge is -2.22. The van der Waals surface area contributed by atoms with E-state index in [9.17, 15) is 4.79 Å². The van der Waals surface area contributed by atoms with Crippen LogP contribution in [0.1, 0.15) is 31.1 Å². The van der Waals surface area contributed by atoms with Gasteiger partial charge in [-0.1, -0.05) is 17.7 Å². The summed E-state index contributed by atoms with van der Waals surface area (Å²) in [7, 11) is 0. The number of carbonyl (C=O) groups is 1. The summed E-state index contributed by atoms with van der Waals surface area (Å²) >= 11 is 5.89. The smallest absolute Gasteiger partial charge is 0.255 e. The van der Waals surface area contributed by atoms with Crippen LogP contribution >= 0.6 is 11.6 Å². The van der Waals surface area contributed by atoms with Gasteiger partial charge in [0.25, 0.3) is 5.91 Å². The monoisotopic (exact) mass is 302 g/mol. The van der Waals surface area contributed by atoms with Crippen LogP contribution in [-0.4, -0.2) is 11.4 Å². The largest absolute Gasteiger partial charge is 0.380 e. The lowest BCUT2D eigenvalue weighted by atomic mass is 10.1. The summed E-state index contributed by atoms with van der Waals surface area (Å²) in [6, 6.07) is 14.5. The van der Waals surface area contributed by atoms with E-state index in [1.165, 1.54) is 0 Å². The van der Waals surface area contributed by atoms with Crippen LogP contribution in [0.2, 0.25) is 5.02 Å². The normalized spacial score (nSPS) is 11.0. The molecule has 0 aliphatic heterocycles. The summed E-state index contributed by atoms with van der Waals surface area (Å²) in [4.78, 5) is 12.1. The van der Waals surface area contributed by atoms with E-state index in [0.29, 0.717) is 10.6 Å². The molecule has 3 nitrogen and oxygen atoms in total. The molecule has 2 rings (SSSR count). The van der Waals surface area contributed by atoms with Crippen molar-refractivity contribution in [3.63, 3.8) is 0 Å². The van der Waals surface area contributed by atoms with Crippen molar-refractivity contribution < 1.29 is 4.79 Å². The number of nitrogens with one attached hydrogen (secondary N) is 2. The Morgan fingerprint density at radius 2 is 1.62 bits per heavy atom. The molecule has 0 atom stereocenters. The van der Waals surface area contributed by atoms with E-state index in [1.54, 1.807) is 24.3 Å². The summed E-state index contributed by atoms with van der Waals surface area (Å²) in [5, 5.41) is 6.77. The molecular weight excluding hydrogens is 284 g/mol. The number of hydrogen-bond acceptors (Lipinski definition) is 2. The Hall–Kier alpha value is -2.00. The predicted octanol–water partition coefficient (Wildman–Crippen LogP) is 4.80. The van der Waals surface area contributed by atoms with Crippen LogP contribution in [0, 0.1) is 0 Å². The summed E-state index contributed by atoms with van der Waals surface area (Å²) in [5.74, 6) is -0.172. The SMILES string of the molecule is CC(C)(C)Nc1ccc(NC(=O)c2cccc(Cl)c2)cc1. The molecule has 0 radical (unpaired) electrons. The zero-order chi connectivity index (χ0) is 15.5. The van der Waals surface area contributed by atoms with Gasteiger partial charge in [0.05, 0.1) is 0 Å². The van der Waals surface area contributed by atoms with Crippen LogP contribution in [0.25, 0.3) is 0 Å². The second kappa shape index (κ2) is 6.19. The van der Waals surface area contributed by atoms with Crippen LogP contribution in [0.4, 0.5) is 11.4 Å². The highest BCUT2D eigenvalue weighted by Gasteiger charge is 2.10. The number of carbonyl (C=O) groups excluding carboxylic acids is 1. The average molecular weight is 303 g/mol. The molecule has 0 aliphatic carbocycles. The van der Waals surface area contributed by atoms with Gasteiger partial charge in [-0.05, 0) is 63.2 Å². The molecule has 2 N–H and O–H groups in total. The third-order valence-corrected chi connectivity index (χ3v) is 2.98. The molecule has 4 heteroatoms. The van der Waals surface area contributed by atoms with Gasteiger partial charge in [-0.15, -0.1) is 0 Å². The van der Waals surface area contributed by atoms with Crippen molar-refractivity contribution in [3.05, 3.63) is 59.1 Å². The molecule has 0 bridgehead atoms. The number of benzene rings is 2. The van der Waals surface area contributed by atoms with Gasteiger partial charge >= 0.3 is 0 Å². The highest BCUT2D eigenvalue weighted by Crippen LogP contribution is 2.18. The number of anilines is 2. The van der Waals surface area contributed by atoms with E-state index in [0.717, 1.165) is 11.4 Å². The standard InChI is InChI=1S/C17H19ClN2O/c1-17(2,3)20-15-9-7-14(8-10-15)19-16(21)12-5-4-6-13(18)11-12/h4-11,20H,1-3H3,(H,19,21). The zero-order valence-electron chi connectivity index (χ0n) is 12.4. The fourth-order valence-corrected chi connectivity index (χ4v) is 2.09. The zero-order valence-corrected chi connectivity index (χ0v) is 13.2. The molecule has 0 unspecified atom stereocenters. The number of halogens is 1. The lowest BCUT2D eigenvalue weighted by molar-refractivity contribution is 0.102. The van der Waals surface area contributed by atoms with Crippen molar-refractivity contribution in [2.45, 2.75) is 26.3 Å². The maximum Gasteiger partial charge on any atom is 0.255 e. The summed E-state index contributed by atoms with van der Waals surface area (Å²) < 4.78 is 0. The van der Waals surface area contributed by atoms with Gasteiger partial charge in [-0.3, -0.25) is 4.79 Å². The average Bonchev–Trinajstić information content (AvgIpc) is 2.39. The second-order valence-electron chi connectivity index (χ2n) is 5.92. The first-order chi connectivity index (χ1) is 9.83. The molecule has 110 valence electrons. The second-order valence-corrected chi connectivity index (χ2v) is 6.35. The topological polar surface area (TPSA) is 41.1 Å². The first-order valence-electron chi connectivity index (χ1n) is 6.79. The minimum atomic E-state index is -0.172. The Morgan fingerprint density at radius 1 is 1.00 bits per heavy atom. The van der Waals surface area contributed by atoms with Crippen LogP contribution in [0.3, 0.4) is 0 Å². The van der Waals surface area contributed by atoms with E-state index in [1.807, 2.05) is 24.3 Å². The minimum absolute atomic E-state index is 0.00551. The van der Waals surface area contributed by atoms with E-state index in [4.69, 9.17) is 11.6 Å².